The molecule has 3 aromatic rings. The molecule has 4 rings (SSSR count). The zero-order valence-electron chi connectivity index (χ0n) is 17.6. The minimum absolute atomic E-state index is 0.000675. The van der Waals surface area contributed by atoms with Crippen LogP contribution in [0.2, 0.25) is 5.02 Å². The van der Waals surface area contributed by atoms with Crippen molar-refractivity contribution in [3.63, 3.8) is 0 Å². The van der Waals surface area contributed by atoms with Crippen LogP contribution in [-0.2, 0) is 10.0 Å². The van der Waals surface area contributed by atoms with E-state index in [1.807, 2.05) is 29.0 Å². The number of sulfonamides is 1. The highest BCUT2D eigenvalue weighted by Gasteiger charge is 2.28. The summed E-state index contributed by atoms with van der Waals surface area (Å²) < 4.78 is 66.8. The van der Waals surface area contributed by atoms with Gasteiger partial charge in [0, 0.05) is 29.6 Å². The molecule has 2 N–H and O–H groups in total. The molecule has 0 amide bonds. The summed E-state index contributed by atoms with van der Waals surface area (Å²) in [6.07, 6.45) is 2.15. The lowest BCUT2D eigenvalue weighted by atomic mass is 9.81. The van der Waals surface area contributed by atoms with Gasteiger partial charge in [0.1, 0.15) is 16.5 Å². The summed E-state index contributed by atoms with van der Waals surface area (Å²) in [6.45, 7) is 3.16. The van der Waals surface area contributed by atoms with Crippen LogP contribution in [0.4, 0.5) is 14.8 Å². The zero-order chi connectivity index (χ0) is 23.6. The molecule has 2 heterocycles. The molecule has 0 unspecified atom stereocenters. The smallest absolute Gasteiger partial charge is 0.309 e. The minimum Gasteiger partial charge on any atom is -0.490 e. The summed E-state index contributed by atoms with van der Waals surface area (Å²) in [7, 11) is -4.45. The Kier molecular flexibility index (Phi) is 6.87. The van der Waals surface area contributed by atoms with E-state index >= 15 is 0 Å². The number of oxazole rings is 1. The highest BCUT2D eigenvalue weighted by molar-refractivity contribution is 7.92. The monoisotopic (exact) mass is 497 g/mol. The van der Waals surface area contributed by atoms with Gasteiger partial charge in [-0.05, 0) is 43.5 Å². The summed E-state index contributed by atoms with van der Waals surface area (Å²) in [5.41, 5.74) is 1.09. The topological polar surface area (TPSA) is 93.5 Å². The molecule has 33 heavy (non-hydrogen) atoms. The predicted octanol–water partition coefficient (Wildman–Crippen LogP) is 4.49. The number of nitrogens with zero attached hydrogens (tertiary/aromatic N) is 1. The van der Waals surface area contributed by atoms with Gasteiger partial charge in [0.2, 0.25) is 0 Å². The number of benzene rings is 2. The Morgan fingerprint density at radius 2 is 2.00 bits per heavy atom. The molecule has 0 saturated carbocycles. The van der Waals surface area contributed by atoms with Crippen LogP contribution in [0.3, 0.4) is 0 Å². The van der Waals surface area contributed by atoms with Gasteiger partial charge in [0.25, 0.3) is 10.0 Å². The van der Waals surface area contributed by atoms with Crippen molar-refractivity contribution in [3.05, 3.63) is 70.6 Å². The Morgan fingerprint density at radius 1 is 1.24 bits per heavy atom. The molecule has 0 spiro atoms. The van der Waals surface area contributed by atoms with Crippen molar-refractivity contribution >= 4 is 27.6 Å². The number of aryl methyl sites for hydroxylation is 1. The summed E-state index contributed by atoms with van der Waals surface area (Å²) in [4.78, 5) is 2.83. The standard InChI is InChI=1S/C22H22ClF2N3O4S/c1-13-10-27-22(32-13)28-33(29,30)21-9-18(24)20(8-19(21)25)31-12-15-11-26-7-6-17(15)14-2-4-16(23)5-3-14/h2-5,8-10,15,17,26H,6-7,11-12H2,1H3,(H,27,28)/t15-,17-/m0/s1. The molecular weight excluding hydrogens is 476 g/mol. The fourth-order valence-corrected chi connectivity index (χ4v) is 4.98. The van der Waals surface area contributed by atoms with Gasteiger partial charge in [-0.25, -0.2) is 26.9 Å². The highest BCUT2D eigenvalue weighted by Crippen LogP contribution is 2.33. The fourth-order valence-electron chi connectivity index (χ4n) is 3.84. The van der Waals surface area contributed by atoms with E-state index in [4.69, 9.17) is 20.8 Å². The second-order valence-corrected chi connectivity index (χ2v) is 9.90. The van der Waals surface area contributed by atoms with Gasteiger partial charge in [-0.1, -0.05) is 23.7 Å². The quantitative estimate of drug-likeness (QED) is 0.499. The van der Waals surface area contributed by atoms with Gasteiger partial charge in [0.15, 0.2) is 11.6 Å². The van der Waals surface area contributed by atoms with Gasteiger partial charge in [-0.15, -0.1) is 0 Å². The van der Waals surface area contributed by atoms with E-state index < -0.39 is 26.6 Å². The van der Waals surface area contributed by atoms with Crippen molar-refractivity contribution in [2.24, 2.45) is 5.92 Å². The predicted molar refractivity (Wildman–Crippen MR) is 119 cm³/mol. The Balaban J connectivity index is 1.49. The lowest BCUT2D eigenvalue weighted by Crippen LogP contribution is -2.38. The van der Waals surface area contributed by atoms with Crippen LogP contribution in [-0.4, -0.2) is 33.1 Å². The fraction of sp³-hybridized carbons (Fsp3) is 0.318. The van der Waals surface area contributed by atoms with Gasteiger partial charge < -0.3 is 14.5 Å². The first kappa shape index (κ1) is 23.5. The van der Waals surface area contributed by atoms with E-state index in [2.05, 4.69) is 10.3 Å². The molecule has 0 radical (unpaired) electrons. The third kappa shape index (κ3) is 5.45. The Morgan fingerprint density at radius 3 is 2.70 bits per heavy atom. The number of aromatic nitrogens is 1. The first-order valence-electron chi connectivity index (χ1n) is 10.3. The molecule has 2 aromatic carbocycles. The molecule has 0 bridgehead atoms. The van der Waals surface area contributed by atoms with Crippen molar-refractivity contribution in [1.29, 1.82) is 0 Å². The lowest BCUT2D eigenvalue weighted by Gasteiger charge is -2.32. The van der Waals surface area contributed by atoms with Crippen LogP contribution >= 0.6 is 11.6 Å². The van der Waals surface area contributed by atoms with Crippen LogP contribution in [0.25, 0.3) is 0 Å². The van der Waals surface area contributed by atoms with Crippen LogP contribution in [0, 0.1) is 24.5 Å². The molecule has 7 nitrogen and oxygen atoms in total. The molecule has 1 fully saturated rings. The summed E-state index contributed by atoms with van der Waals surface area (Å²) in [5.74, 6) is -1.99. The molecule has 1 aliphatic rings. The van der Waals surface area contributed by atoms with Gasteiger partial charge in [-0.3, -0.25) is 0 Å². The van der Waals surface area contributed by atoms with E-state index in [-0.39, 0.29) is 30.2 Å². The maximum atomic E-state index is 14.7. The third-order valence-electron chi connectivity index (χ3n) is 5.48. The van der Waals surface area contributed by atoms with E-state index in [9.17, 15) is 17.2 Å². The summed E-state index contributed by atoms with van der Waals surface area (Å²) in [5, 5.41) is 3.93. The second kappa shape index (κ2) is 9.66. The lowest BCUT2D eigenvalue weighted by molar-refractivity contribution is 0.190. The van der Waals surface area contributed by atoms with Crippen LogP contribution in [0.5, 0.6) is 5.75 Å². The second-order valence-electron chi connectivity index (χ2n) is 7.82. The zero-order valence-corrected chi connectivity index (χ0v) is 19.2. The maximum Gasteiger partial charge on any atom is 0.309 e. The van der Waals surface area contributed by atoms with E-state index in [0.29, 0.717) is 23.4 Å². The van der Waals surface area contributed by atoms with Crippen molar-refractivity contribution in [3.8, 4) is 5.75 Å². The SMILES string of the molecule is Cc1cnc(NS(=O)(=O)c2cc(F)c(OC[C@@H]3CNCC[C@H]3c3ccc(Cl)cc3)cc2F)o1. The number of hydrogen-bond acceptors (Lipinski definition) is 6. The molecule has 0 aliphatic carbocycles. The first-order chi connectivity index (χ1) is 15.7. The summed E-state index contributed by atoms with van der Waals surface area (Å²) >= 11 is 5.98. The number of rotatable bonds is 7. The molecule has 1 aliphatic heterocycles. The number of hydrogen-bond donors (Lipinski definition) is 2. The Bertz CT molecular complexity index is 1230. The Hall–Kier alpha value is -2.69. The maximum absolute atomic E-state index is 14.7. The number of piperidine rings is 1. The summed E-state index contributed by atoms with van der Waals surface area (Å²) in [6, 6.07) is 8.51. The van der Waals surface area contributed by atoms with Gasteiger partial charge in [0.05, 0.1) is 12.8 Å². The van der Waals surface area contributed by atoms with Crippen LogP contribution in [0.15, 0.2) is 51.9 Å². The largest absolute Gasteiger partial charge is 0.490 e. The van der Waals surface area contributed by atoms with Crippen LogP contribution in [0.1, 0.15) is 23.7 Å². The molecule has 176 valence electrons. The average Bonchev–Trinajstić information content (AvgIpc) is 3.18. The van der Waals surface area contributed by atoms with Gasteiger partial charge >= 0.3 is 6.01 Å². The number of halogens is 3. The average molecular weight is 498 g/mol. The molecule has 2 atom stereocenters. The van der Waals surface area contributed by atoms with Crippen LogP contribution < -0.4 is 14.8 Å². The normalized spacial score (nSPS) is 18.8. The van der Waals surface area contributed by atoms with E-state index in [0.717, 1.165) is 24.6 Å². The number of nitrogens with one attached hydrogen (secondary N) is 2. The molecule has 11 heteroatoms. The molecule has 1 aromatic heterocycles. The van der Waals surface area contributed by atoms with Crippen molar-refractivity contribution in [1.82, 2.24) is 10.3 Å². The highest BCUT2D eigenvalue weighted by atomic mass is 35.5. The van der Waals surface area contributed by atoms with Crippen molar-refractivity contribution < 1.29 is 26.4 Å². The minimum atomic E-state index is -4.45. The van der Waals surface area contributed by atoms with E-state index in [1.54, 1.807) is 6.92 Å². The first-order valence-corrected chi connectivity index (χ1v) is 12.1. The van der Waals surface area contributed by atoms with Gasteiger partial charge in [-0.2, -0.15) is 0 Å². The molecular formula is C22H22ClF2N3O4S. The van der Waals surface area contributed by atoms with Crippen molar-refractivity contribution in [2.75, 3.05) is 24.4 Å². The Labute approximate surface area is 195 Å². The molecule has 1 saturated heterocycles. The van der Waals surface area contributed by atoms with E-state index in [1.165, 1.54) is 6.20 Å². The number of anilines is 1. The number of ether oxygens (including phenoxy) is 1. The third-order valence-corrected chi connectivity index (χ3v) is 7.06. The van der Waals surface area contributed by atoms with Crippen molar-refractivity contribution in [2.45, 2.75) is 24.2 Å².